The Bertz CT molecular complexity index is 297. The van der Waals surface area contributed by atoms with Crippen molar-refractivity contribution in [1.82, 2.24) is 15.0 Å². The molecule has 1 rings (SSSR count). The Morgan fingerprint density at radius 1 is 1.57 bits per heavy atom. The fourth-order valence-electron chi connectivity index (χ4n) is 1.03. The van der Waals surface area contributed by atoms with Crippen LogP contribution in [0.2, 0.25) is 0 Å². The lowest BCUT2D eigenvalue weighted by molar-refractivity contribution is -0.208. The van der Waals surface area contributed by atoms with Gasteiger partial charge in [-0.15, -0.1) is 5.10 Å². The Morgan fingerprint density at radius 2 is 2.21 bits per heavy atom. The van der Waals surface area contributed by atoms with E-state index >= 15 is 0 Å². The van der Waals surface area contributed by atoms with E-state index in [1.807, 2.05) is 0 Å². The van der Waals surface area contributed by atoms with Gasteiger partial charge in [-0.3, -0.25) is 0 Å². The molecule has 1 heterocycles. The van der Waals surface area contributed by atoms with Gasteiger partial charge in [-0.1, -0.05) is 12.1 Å². The summed E-state index contributed by atoms with van der Waals surface area (Å²) < 4.78 is 37.4. The lowest BCUT2D eigenvalue weighted by Crippen LogP contribution is -2.23. The average Bonchev–Trinajstić information content (AvgIpc) is 2.50. The number of aliphatic hydroxyl groups excluding tert-OH is 1. The Balaban J connectivity index is 2.89. The highest BCUT2D eigenvalue weighted by molar-refractivity contribution is 5.01. The third kappa shape index (κ3) is 2.22. The molecule has 0 bridgehead atoms. The molecule has 0 radical (unpaired) electrons. The third-order valence-corrected chi connectivity index (χ3v) is 1.67. The SMILES string of the molecule is CCCn1nncc1C(O)C(F)(F)F. The lowest BCUT2D eigenvalue weighted by atomic mass is 10.2. The zero-order valence-electron chi connectivity index (χ0n) is 7.49. The van der Waals surface area contributed by atoms with Crippen LogP contribution in [0.15, 0.2) is 6.20 Å². The van der Waals surface area contributed by atoms with Crippen molar-refractivity contribution in [2.45, 2.75) is 32.2 Å². The molecule has 0 aliphatic rings. The number of hydrogen-bond donors (Lipinski definition) is 1. The number of aromatic nitrogens is 3. The van der Waals surface area contributed by atoms with Gasteiger partial charge in [-0.05, 0) is 6.42 Å². The first-order valence-electron chi connectivity index (χ1n) is 4.10. The van der Waals surface area contributed by atoms with Gasteiger partial charge in [0.05, 0.1) is 11.9 Å². The molecule has 4 nitrogen and oxygen atoms in total. The van der Waals surface area contributed by atoms with Crippen LogP contribution in [0, 0.1) is 0 Å². The quantitative estimate of drug-likeness (QED) is 0.815. The van der Waals surface area contributed by atoms with Crippen molar-refractivity contribution in [2.24, 2.45) is 0 Å². The summed E-state index contributed by atoms with van der Waals surface area (Å²) in [5.41, 5.74) is -0.320. The van der Waals surface area contributed by atoms with E-state index in [0.29, 0.717) is 13.0 Å². The summed E-state index contributed by atoms with van der Waals surface area (Å²) in [5, 5.41) is 15.7. The largest absolute Gasteiger partial charge is 0.420 e. The number of aryl methyl sites for hydroxylation is 1. The van der Waals surface area contributed by atoms with Crippen LogP contribution in [0.4, 0.5) is 13.2 Å². The van der Waals surface area contributed by atoms with Crippen molar-refractivity contribution in [1.29, 1.82) is 0 Å². The zero-order valence-corrected chi connectivity index (χ0v) is 7.49. The van der Waals surface area contributed by atoms with Crippen molar-refractivity contribution in [3.8, 4) is 0 Å². The van der Waals surface area contributed by atoms with Crippen LogP contribution in [0.3, 0.4) is 0 Å². The normalized spacial score (nSPS) is 14.4. The van der Waals surface area contributed by atoms with Gasteiger partial charge in [0.2, 0.25) is 0 Å². The third-order valence-electron chi connectivity index (χ3n) is 1.67. The second kappa shape index (κ2) is 3.95. The molecular weight excluding hydrogens is 199 g/mol. The summed E-state index contributed by atoms with van der Waals surface area (Å²) in [4.78, 5) is 0. The van der Waals surface area contributed by atoms with Crippen LogP contribution in [0.25, 0.3) is 0 Å². The smallest absolute Gasteiger partial charge is 0.378 e. The van der Waals surface area contributed by atoms with Gasteiger partial charge >= 0.3 is 6.18 Å². The number of nitrogens with zero attached hydrogens (tertiary/aromatic N) is 3. The van der Waals surface area contributed by atoms with E-state index in [0.717, 1.165) is 10.9 Å². The molecule has 0 spiro atoms. The molecule has 0 saturated carbocycles. The Kier molecular flexibility index (Phi) is 3.10. The van der Waals surface area contributed by atoms with Gasteiger partial charge in [0.1, 0.15) is 0 Å². The summed E-state index contributed by atoms with van der Waals surface area (Å²) in [6.45, 7) is 2.11. The Labute approximate surface area is 78.3 Å². The van der Waals surface area contributed by atoms with Crippen molar-refractivity contribution in [2.75, 3.05) is 0 Å². The summed E-state index contributed by atoms with van der Waals surface area (Å²) in [7, 11) is 0. The molecule has 0 aliphatic heterocycles. The van der Waals surface area contributed by atoms with Crippen LogP contribution in [-0.4, -0.2) is 26.3 Å². The van der Waals surface area contributed by atoms with Gasteiger partial charge < -0.3 is 5.11 Å². The van der Waals surface area contributed by atoms with Crippen LogP contribution >= 0.6 is 0 Å². The van der Waals surface area contributed by atoms with E-state index in [1.165, 1.54) is 0 Å². The predicted octanol–water partition coefficient (Wildman–Crippen LogP) is 1.28. The summed E-state index contributed by atoms with van der Waals surface area (Å²) >= 11 is 0. The first kappa shape index (κ1) is 11.0. The van der Waals surface area contributed by atoms with Crippen molar-refractivity contribution < 1.29 is 18.3 Å². The van der Waals surface area contributed by atoms with E-state index in [1.54, 1.807) is 6.92 Å². The lowest BCUT2D eigenvalue weighted by Gasteiger charge is -2.14. The first-order valence-corrected chi connectivity index (χ1v) is 4.10. The van der Waals surface area contributed by atoms with Crippen molar-refractivity contribution in [3.63, 3.8) is 0 Å². The molecule has 0 saturated heterocycles. The number of aliphatic hydroxyl groups is 1. The number of hydrogen-bond acceptors (Lipinski definition) is 3. The molecule has 0 amide bonds. The minimum atomic E-state index is -4.67. The standard InChI is InChI=1S/C7H10F3N3O/c1-2-3-13-5(4-11-12-13)6(14)7(8,9)10/h4,6,14H,2-3H2,1H3. The topological polar surface area (TPSA) is 50.9 Å². The maximum absolute atomic E-state index is 12.1. The molecule has 80 valence electrons. The van der Waals surface area contributed by atoms with Gasteiger partial charge in [-0.2, -0.15) is 13.2 Å². The van der Waals surface area contributed by atoms with Gasteiger partial charge in [0.25, 0.3) is 0 Å². The number of halogens is 3. The van der Waals surface area contributed by atoms with Crippen LogP contribution in [-0.2, 0) is 6.54 Å². The summed E-state index contributed by atoms with van der Waals surface area (Å²) in [5.74, 6) is 0. The molecule has 14 heavy (non-hydrogen) atoms. The predicted molar refractivity (Wildman–Crippen MR) is 41.3 cm³/mol. The summed E-state index contributed by atoms with van der Waals surface area (Å²) in [6, 6.07) is 0. The molecular formula is C7H10F3N3O. The first-order chi connectivity index (χ1) is 6.46. The second-order valence-corrected chi connectivity index (χ2v) is 2.83. The van der Waals surface area contributed by atoms with Crippen LogP contribution in [0.1, 0.15) is 25.1 Å². The molecule has 1 N–H and O–H groups in total. The Hall–Kier alpha value is -1.11. The number of alkyl halides is 3. The monoisotopic (exact) mass is 209 g/mol. The highest BCUT2D eigenvalue weighted by atomic mass is 19.4. The maximum atomic E-state index is 12.1. The van der Waals surface area contributed by atoms with E-state index in [2.05, 4.69) is 10.3 Å². The van der Waals surface area contributed by atoms with E-state index in [9.17, 15) is 13.2 Å². The van der Waals surface area contributed by atoms with E-state index < -0.39 is 12.3 Å². The Morgan fingerprint density at radius 3 is 2.71 bits per heavy atom. The minimum absolute atomic E-state index is 0.308. The maximum Gasteiger partial charge on any atom is 0.420 e. The molecule has 0 aromatic carbocycles. The fourth-order valence-corrected chi connectivity index (χ4v) is 1.03. The van der Waals surface area contributed by atoms with Gasteiger partial charge in [0.15, 0.2) is 6.10 Å². The van der Waals surface area contributed by atoms with E-state index in [-0.39, 0.29) is 5.69 Å². The van der Waals surface area contributed by atoms with Crippen molar-refractivity contribution in [3.05, 3.63) is 11.9 Å². The fraction of sp³-hybridized carbons (Fsp3) is 0.714. The molecule has 0 aliphatic carbocycles. The van der Waals surface area contributed by atoms with Crippen LogP contribution in [0.5, 0.6) is 0 Å². The van der Waals surface area contributed by atoms with Gasteiger partial charge in [-0.25, -0.2) is 4.68 Å². The molecule has 1 aromatic rings. The highest BCUT2D eigenvalue weighted by Gasteiger charge is 2.41. The van der Waals surface area contributed by atoms with Crippen molar-refractivity contribution >= 4 is 0 Å². The number of rotatable bonds is 3. The van der Waals surface area contributed by atoms with Crippen LogP contribution < -0.4 is 0 Å². The molecule has 1 unspecified atom stereocenters. The molecule has 0 fully saturated rings. The summed E-state index contributed by atoms with van der Waals surface area (Å²) in [6.07, 6.45) is -5.63. The molecule has 7 heteroatoms. The highest BCUT2D eigenvalue weighted by Crippen LogP contribution is 2.31. The molecule has 1 aromatic heterocycles. The average molecular weight is 209 g/mol. The minimum Gasteiger partial charge on any atom is -0.378 e. The van der Waals surface area contributed by atoms with Gasteiger partial charge in [0, 0.05) is 6.54 Å². The van der Waals surface area contributed by atoms with E-state index in [4.69, 9.17) is 5.11 Å². The second-order valence-electron chi connectivity index (χ2n) is 2.83. The molecule has 1 atom stereocenters. The zero-order chi connectivity index (χ0) is 10.8.